The molecule has 0 spiro atoms. The van der Waals surface area contributed by atoms with Crippen LogP contribution in [0.25, 0.3) is 0 Å². The van der Waals surface area contributed by atoms with Crippen LogP contribution in [0.2, 0.25) is 0 Å². The van der Waals surface area contributed by atoms with Gasteiger partial charge in [-0.2, -0.15) is 0 Å². The average molecular weight is 260 g/mol. The monoisotopic (exact) mass is 260 g/mol. The number of nitrogens with two attached hydrogens (primary N) is 2. The molecule has 0 amide bonds. The molecule has 0 unspecified atom stereocenters. The van der Waals surface area contributed by atoms with Crippen molar-refractivity contribution < 1.29 is 9.66 Å². The van der Waals surface area contributed by atoms with E-state index in [-0.39, 0.29) is 17.3 Å². The lowest BCUT2D eigenvalue weighted by molar-refractivity contribution is -0.384. The number of aromatic nitrogens is 1. The van der Waals surface area contributed by atoms with Crippen LogP contribution in [0.1, 0.15) is 5.56 Å². The van der Waals surface area contributed by atoms with Crippen molar-refractivity contribution in [3.8, 4) is 11.5 Å². The van der Waals surface area contributed by atoms with E-state index in [0.29, 0.717) is 12.3 Å². The Bertz CT molecular complexity index is 598. The van der Waals surface area contributed by atoms with E-state index in [4.69, 9.17) is 16.2 Å². The van der Waals surface area contributed by atoms with Crippen LogP contribution in [-0.4, -0.2) is 9.91 Å². The lowest BCUT2D eigenvalue weighted by Gasteiger charge is -2.07. The molecule has 4 N–H and O–H groups in total. The Morgan fingerprint density at radius 2 is 1.95 bits per heavy atom. The van der Waals surface area contributed by atoms with Crippen molar-refractivity contribution in [3.63, 3.8) is 0 Å². The third kappa shape index (κ3) is 2.78. The molecule has 7 heteroatoms. The second-order valence-electron chi connectivity index (χ2n) is 3.75. The molecule has 0 radical (unpaired) electrons. The van der Waals surface area contributed by atoms with Crippen LogP contribution in [0.4, 0.5) is 11.5 Å². The molecule has 0 saturated carbocycles. The molecule has 1 aromatic heterocycles. The number of hydrogen-bond donors (Lipinski definition) is 2. The zero-order valence-electron chi connectivity index (χ0n) is 9.95. The van der Waals surface area contributed by atoms with E-state index in [1.807, 2.05) is 0 Å². The van der Waals surface area contributed by atoms with E-state index in [1.54, 1.807) is 24.3 Å². The Balaban J connectivity index is 2.32. The van der Waals surface area contributed by atoms with Crippen LogP contribution in [0, 0.1) is 10.1 Å². The maximum Gasteiger partial charge on any atom is 0.353 e. The summed E-state index contributed by atoms with van der Waals surface area (Å²) >= 11 is 0. The van der Waals surface area contributed by atoms with Crippen LogP contribution in [0.5, 0.6) is 11.5 Å². The molecule has 19 heavy (non-hydrogen) atoms. The number of nitro groups is 1. The van der Waals surface area contributed by atoms with Crippen LogP contribution in [-0.2, 0) is 6.54 Å². The van der Waals surface area contributed by atoms with E-state index in [9.17, 15) is 10.1 Å². The van der Waals surface area contributed by atoms with Gasteiger partial charge < -0.3 is 16.2 Å². The van der Waals surface area contributed by atoms with Crippen LogP contribution in [0.3, 0.4) is 0 Å². The lowest BCUT2D eigenvalue weighted by Crippen LogP contribution is -2.01. The predicted molar refractivity (Wildman–Crippen MR) is 69.7 cm³/mol. The highest BCUT2D eigenvalue weighted by Gasteiger charge is 2.20. The molecule has 0 aliphatic rings. The Morgan fingerprint density at radius 3 is 2.53 bits per heavy atom. The molecular weight excluding hydrogens is 248 g/mol. The SMILES string of the molecule is NCc1ccc(Oc2ccnc(N)c2[N+](=O)[O-])cc1. The molecule has 0 aliphatic carbocycles. The van der Waals surface area contributed by atoms with Gasteiger partial charge in [0.2, 0.25) is 11.6 Å². The van der Waals surface area contributed by atoms with Gasteiger partial charge in [-0.3, -0.25) is 10.1 Å². The van der Waals surface area contributed by atoms with Crippen LogP contribution >= 0.6 is 0 Å². The number of benzene rings is 1. The molecule has 0 fully saturated rings. The molecule has 0 aliphatic heterocycles. The summed E-state index contributed by atoms with van der Waals surface area (Å²) in [6.45, 7) is 0.419. The van der Waals surface area contributed by atoms with Gasteiger partial charge in [0.05, 0.1) is 4.92 Å². The minimum Gasteiger partial charge on any atom is -0.450 e. The molecule has 1 aromatic carbocycles. The van der Waals surface area contributed by atoms with Crippen molar-refractivity contribution in [2.75, 3.05) is 5.73 Å². The first-order chi connectivity index (χ1) is 9.11. The lowest BCUT2D eigenvalue weighted by atomic mass is 10.2. The Labute approximate surface area is 109 Å². The molecule has 0 saturated heterocycles. The zero-order valence-corrected chi connectivity index (χ0v) is 9.95. The van der Waals surface area contributed by atoms with Crippen LogP contribution < -0.4 is 16.2 Å². The van der Waals surface area contributed by atoms with Gasteiger partial charge in [0.25, 0.3) is 0 Å². The molecule has 2 aromatic rings. The number of rotatable bonds is 4. The van der Waals surface area contributed by atoms with Crippen molar-refractivity contribution >= 4 is 11.5 Å². The maximum atomic E-state index is 10.9. The first-order valence-electron chi connectivity index (χ1n) is 5.47. The van der Waals surface area contributed by atoms with E-state index in [0.717, 1.165) is 5.56 Å². The maximum absolute atomic E-state index is 10.9. The molecule has 0 bridgehead atoms. The van der Waals surface area contributed by atoms with Gasteiger partial charge in [0.15, 0.2) is 0 Å². The summed E-state index contributed by atoms with van der Waals surface area (Å²) in [5.41, 5.74) is 11.6. The fourth-order valence-corrected chi connectivity index (χ4v) is 1.54. The number of hydrogen-bond acceptors (Lipinski definition) is 6. The summed E-state index contributed by atoms with van der Waals surface area (Å²) in [5, 5.41) is 10.9. The van der Waals surface area contributed by atoms with Gasteiger partial charge in [0, 0.05) is 18.8 Å². The zero-order chi connectivity index (χ0) is 13.8. The highest BCUT2D eigenvalue weighted by atomic mass is 16.6. The van der Waals surface area contributed by atoms with Crippen molar-refractivity contribution in [2.24, 2.45) is 5.73 Å². The van der Waals surface area contributed by atoms with Crippen molar-refractivity contribution in [1.29, 1.82) is 0 Å². The molecular formula is C12H12N4O3. The fourth-order valence-electron chi connectivity index (χ4n) is 1.54. The summed E-state index contributed by atoms with van der Waals surface area (Å²) in [7, 11) is 0. The van der Waals surface area contributed by atoms with Gasteiger partial charge >= 0.3 is 5.69 Å². The highest BCUT2D eigenvalue weighted by Crippen LogP contribution is 2.34. The third-order valence-corrected chi connectivity index (χ3v) is 2.48. The summed E-state index contributed by atoms with van der Waals surface area (Å²) in [6, 6.07) is 8.33. The van der Waals surface area contributed by atoms with Gasteiger partial charge in [0.1, 0.15) is 5.75 Å². The second-order valence-corrected chi connectivity index (χ2v) is 3.75. The van der Waals surface area contributed by atoms with Gasteiger partial charge in [-0.15, -0.1) is 0 Å². The summed E-state index contributed by atoms with van der Waals surface area (Å²) in [4.78, 5) is 14.0. The predicted octanol–water partition coefficient (Wildman–Crippen LogP) is 1.82. The Kier molecular flexibility index (Phi) is 3.58. The van der Waals surface area contributed by atoms with Gasteiger partial charge in [-0.25, -0.2) is 4.98 Å². The standard InChI is InChI=1S/C12H12N4O3/c13-7-8-1-3-9(4-2-8)19-10-5-6-15-12(14)11(10)16(17)18/h1-6H,7,13H2,(H2,14,15). The molecule has 98 valence electrons. The average Bonchev–Trinajstić information content (AvgIpc) is 2.39. The van der Waals surface area contributed by atoms with Crippen LogP contribution in [0.15, 0.2) is 36.5 Å². The fraction of sp³-hybridized carbons (Fsp3) is 0.0833. The number of ether oxygens (including phenoxy) is 1. The quantitative estimate of drug-likeness (QED) is 0.639. The number of anilines is 1. The largest absolute Gasteiger partial charge is 0.450 e. The number of nitrogen functional groups attached to an aromatic ring is 1. The Morgan fingerprint density at radius 1 is 1.26 bits per heavy atom. The third-order valence-electron chi connectivity index (χ3n) is 2.48. The minimum atomic E-state index is -0.619. The highest BCUT2D eigenvalue weighted by molar-refractivity contribution is 5.61. The summed E-state index contributed by atoms with van der Waals surface area (Å²) < 4.78 is 5.45. The van der Waals surface area contributed by atoms with E-state index < -0.39 is 4.92 Å². The topological polar surface area (TPSA) is 117 Å². The Hall–Kier alpha value is -2.67. The number of nitrogens with zero attached hydrogens (tertiary/aromatic N) is 2. The van der Waals surface area contributed by atoms with Gasteiger partial charge in [-0.05, 0) is 17.7 Å². The van der Waals surface area contributed by atoms with E-state index in [2.05, 4.69) is 4.98 Å². The minimum absolute atomic E-state index is 0.0537. The smallest absolute Gasteiger partial charge is 0.353 e. The van der Waals surface area contributed by atoms with Crippen molar-refractivity contribution in [1.82, 2.24) is 4.98 Å². The first kappa shape index (κ1) is 12.8. The molecule has 2 rings (SSSR count). The second kappa shape index (κ2) is 5.32. The van der Waals surface area contributed by atoms with Gasteiger partial charge in [-0.1, -0.05) is 12.1 Å². The number of pyridine rings is 1. The van der Waals surface area contributed by atoms with E-state index >= 15 is 0 Å². The normalized spacial score (nSPS) is 10.2. The summed E-state index contributed by atoms with van der Waals surface area (Å²) in [6.07, 6.45) is 1.35. The van der Waals surface area contributed by atoms with Crippen molar-refractivity contribution in [2.45, 2.75) is 6.54 Å². The summed E-state index contributed by atoms with van der Waals surface area (Å²) in [5.74, 6) is 0.338. The molecule has 1 heterocycles. The molecule has 7 nitrogen and oxygen atoms in total. The van der Waals surface area contributed by atoms with E-state index in [1.165, 1.54) is 12.3 Å². The first-order valence-corrected chi connectivity index (χ1v) is 5.47. The molecule has 0 atom stereocenters. The van der Waals surface area contributed by atoms with Crippen molar-refractivity contribution in [3.05, 3.63) is 52.2 Å².